The zero-order chi connectivity index (χ0) is 8.72. The van der Waals surface area contributed by atoms with Crippen LogP contribution in [0.5, 0.6) is 0 Å². The summed E-state index contributed by atoms with van der Waals surface area (Å²) in [5.74, 6) is 0.0312. The zero-order valence-corrected chi connectivity index (χ0v) is 6.29. The van der Waals surface area contributed by atoms with Gasteiger partial charge in [-0.3, -0.25) is 9.78 Å². The molecule has 0 aromatic carbocycles. The van der Waals surface area contributed by atoms with Crippen molar-refractivity contribution >= 4 is 17.0 Å². The topological polar surface area (TPSA) is 97.8 Å². The van der Waals surface area contributed by atoms with Gasteiger partial charge in [-0.1, -0.05) is 5.16 Å². The van der Waals surface area contributed by atoms with Gasteiger partial charge in [-0.2, -0.15) is 4.98 Å². The molecule has 6 heteroatoms. The van der Waals surface area contributed by atoms with Gasteiger partial charge in [-0.05, 0) is 6.92 Å². The number of nitrogens with one attached hydrogen (secondary N) is 1. The van der Waals surface area contributed by atoms with Crippen LogP contribution in [-0.4, -0.2) is 15.1 Å². The van der Waals surface area contributed by atoms with E-state index in [0.29, 0.717) is 11.1 Å². The van der Waals surface area contributed by atoms with Crippen molar-refractivity contribution in [2.75, 3.05) is 5.73 Å². The predicted octanol–water partition coefficient (Wildman–Crippen LogP) is -0.198. The van der Waals surface area contributed by atoms with Crippen LogP contribution in [0.25, 0.3) is 11.1 Å². The lowest BCUT2D eigenvalue weighted by atomic mass is 10.3. The van der Waals surface area contributed by atoms with Gasteiger partial charge in [-0.25, -0.2) is 0 Å². The van der Waals surface area contributed by atoms with E-state index in [1.165, 1.54) is 0 Å². The van der Waals surface area contributed by atoms with E-state index in [2.05, 4.69) is 15.1 Å². The number of H-pyrrole nitrogens is 1. The molecule has 2 aromatic heterocycles. The fourth-order valence-corrected chi connectivity index (χ4v) is 1.01. The Balaban J connectivity index is 3.03. The highest BCUT2D eigenvalue weighted by molar-refractivity contribution is 5.74. The normalized spacial score (nSPS) is 10.8. The van der Waals surface area contributed by atoms with Crippen LogP contribution in [0.1, 0.15) is 5.69 Å². The van der Waals surface area contributed by atoms with Gasteiger partial charge < -0.3 is 10.3 Å². The number of hydrogen-bond acceptors (Lipinski definition) is 5. The first kappa shape index (κ1) is 6.84. The highest BCUT2D eigenvalue weighted by atomic mass is 16.5. The van der Waals surface area contributed by atoms with Crippen molar-refractivity contribution in [2.45, 2.75) is 6.92 Å². The van der Waals surface area contributed by atoms with Crippen LogP contribution in [0.3, 0.4) is 0 Å². The zero-order valence-electron chi connectivity index (χ0n) is 6.29. The molecule has 3 N–H and O–H groups in total. The van der Waals surface area contributed by atoms with Gasteiger partial charge in [0.2, 0.25) is 5.95 Å². The standard InChI is InChI=1S/C6H6N4O2/c1-2-3-4(11)8-6(7)9-5(3)12-10-2/h1H3,(H3,7,8,9,11). The number of aryl methyl sites for hydroxylation is 1. The largest absolute Gasteiger partial charge is 0.369 e. The second-order valence-electron chi connectivity index (χ2n) is 2.40. The summed E-state index contributed by atoms with van der Waals surface area (Å²) < 4.78 is 4.75. The van der Waals surface area contributed by atoms with E-state index in [-0.39, 0.29) is 17.2 Å². The molecule has 0 fully saturated rings. The second kappa shape index (κ2) is 2.07. The summed E-state index contributed by atoms with van der Waals surface area (Å²) >= 11 is 0. The van der Waals surface area contributed by atoms with Crippen molar-refractivity contribution < 1.29 is 4.52 Å². The summed E-state index contributed by atoms with van der Waals surface area (Å²) in [7, 11) is 0. The molecule has 2 rings (SSSR count). The number of hydrogen-bond donors (Lipinski definition) is 2. The average Bonchev–Trinajstić information content (AvgIpc) is 2.31. The van der Waals surface area contributed by atoms with Crippen LogP contribution in [0.2, 0.25) is 0 Å². The van der Waals surface area contributed by atoms with Crippen LogP contribution in [0.15, 0.2) is 9.32 Å². The molecule has 2 aromatic rings. The molecule has 0 aliphatic carbocycles. The number of aromatic amines is 1. The van der Waals surface area contributed by atoms with Gasteiger partial charge >= 0.3 is 0 Å². The molecule has 2 heterocycles. The first-order valence-electron chi connectivity index (χ1n) is 3.30. The van der Waals surface area contributed by atoms with Crippen LogP contribution in [0.4, 0.5) is 5.95 Å². The van der Waals surface area contributed by atoms with Crippen molar-refractivity contribution in [3.8, 4) is 0 Å². The third kappa shape index (κ3) is 0.777. The Morgan fingerprint density at radius 2 is 2.33 bits per heavy atom. The molecule has 0 saturated heterocycles. The van der Waals surface area contributed by atoms with Gasteiger partial charge in [0.05, 0.1) is 5.69 Å². The quantitative estimate of drug-likeness (QED) is 0.564. The first-order chi connectivity index (χ1) is 5.68. The van der Waals surface area contributed by atoms with E-state index in [1.54, 1.807) is 6.92 Å². The molecule has 12 heavy (non-hydrogen) atoms. The Bertz CT molecular complexity index is 484. The molecule has 0 saturated carbocycles. The van der Waals surface area contributed by atoms with Crippen LogP contribution < -0.4 is 11.3 Å². The van der Waals surface area contributed by atoms with Crippen molar-refractivity contribution in [2.24, 2.45) is 0 Å². The maximum absolute atomic E-state index is 11.2. The third-order valence-corrected chi connectivity index (χ3v) is 1.54. The molecule has 0 aliphatic heterocycles. The Kier molecular flexibility index (Phi) is 1.18. The van der Waals surface area contributed by atoms with Gasteiger partial charge in [0.15, 0.2) is 0 Å². The molecule has 0 spiro atoms. The molecule has 0 unspecified atom stereocenters. The summed E-state index contributed by atoms with van der Waals surface area (Å²) in [6.45, 7) is 1.67. The molecule has 6 nitrogen and oxygen atoms in total. The highest BCUT2D eigenvalue weighted by Crippen LogP contribution is 2.10. The summed E-state index contributed by atoms with van der Waals surface area (Å²) in [5.41, 5.74) is 5.64. The molecular weight excluding hydrogens is 160 g/mol. The lowest BCUT2D eigenvalue weighted by Crippen LogP contribution is -2.10. The number of nitrogens with zero attached hydrogens (tertiary/aromatic N) is 2. The number of nitrogen functional groups attached to an aromatic ring is 1. The summed E-state index contributed by atoms with van der Waals surface area (Å²) in [4.78, 5) is 17.3. The van der Waals surface area contributed by atoms with Crippen molar-refractivity contribution in [1.29, 1.82) is 0 Å². The Hall–Kier alpha value is -1.85. The van der Waals surface area contributed by atoms with E-state index in [0.717, 1.165) is 0 Å². The SMILES string of the molecule is Cc1noc2nc(N)[nH]c(=O)c12. The second-order valence-corrected chi connectivity index (χ2v) is 2.40. The molecule has 0 aliphatic rings. The number of aromatic nitrogens is 3. The Morgan fingerprint density at radius 3 is 3.08 bits per heavy atom. The summed E-state index contributed by atoms with van der Waals surface area (Å²) in [6.07, 6.45) is 0. The van der Waals surface area contributed by atoms with Crippen molar-refractivity contribution in [3.63, 3.8) is 0 Å². The molecule has 0 amide bonds. The minimum Gasteiger partial charge on any atom is -0.369 e. The third-order valence-electron chi connectivity index (χ3n) is 1.54. The molecular formula is C6H6N4O2. The van der Waals surface area contributed by atoms with E-state index < -0.39 is 0 Å². The van der Waals surface area contributed by atoms with Crippen molar-refractivity contribution in [1.82, 2.24) is 15.1 Å². The Morgan fingerprint density at radius 1 is 1.58 bits per heavy atom. The Labute approximate surface area is 66.4 Å². The lowest BCUT2D eigenvalue weighted by Gasteiger charge is -1.89. The number of fused-ring (bicyclic) bond motifs is 1. The smallest absolute Gasteiger partial charge is 0.266 e. The summed E-state index contributed by atoms with van der Waals surface area (Å²) in [5, 5.41) is 3.94. The average molecular weight is 166 g/mol. The summed E-state index contributed by atoms with van der Waals surface area (Å²) in [6, 6.07) is 0. The maximum Gasteiger partial charge on any atom is 0.266 e. The minimum absolute atomic E-state index is 0.0312. The maximum atomic E-state index is 11.2. The van der Waals surface area contributed by atoms with Gasteiger partial charge in [0, 0.05) is 0 Å². The van der Waals surface area contributed by atoms with E-state index in [9.17, 15) is 4.79 Å². The number of rotatable bonds is 0. The predicted molar refractivity (Wildman–Crippen MR) is 41.6 cm³/mol. The fraction of sp³-hybridized carbons (Fsp3) is 0.167. The number of anilines is 1. The van der Waals surface area contributed by atoms with Crippen molar-refractivity contribution in [3.05, 3.63) is 16.0 Å². The van der Waals surface area contributed by atoms with Crippen LogP contribution in [0, 0.1) is 6.92 Å². The minimum atomic E-state index is -0.323. The monoisotopic (exact) mass is 166 g/mol. The molecule has 0 radical (unpaired) electrons. The first-order valence-corrected chi connectivity index (χ1v) is 3.30. The van der Waals surface area contributed by atoms with Gasteiger partial charge in [0.25, 0.3) is 11.3 Å². The molecule has 62 valence electrons. The number of nitrogens with two attached hydrogens (primary N) is 1. The molecule has 0 atom stereocenters. The van der Waals surface area contributed by atoms with E-state index >= 15 is 0 Å². The van der Waals surface area contributed by atoms with Crippen LogP contribution >= 0.6 is 0 Å². The van der Waals surface area contributed by atoms with Crippen LogP contribution in [-0.2, 0) is 0 Å². The lowest BCUT2D eigenvalue weighted by molar-refractivity contribution is 0.443. The fourth-order valence-electron chi connectivity index (χ4n) is 1.01. The van der Waals surface area contributed by atoms with Gasteiger partial charge in [-0.15, -0.1) is 0 Å². The molecule has 0 bridgehead atoms. The highest BCUT2D eigenvalue weighted by Gasteiger charge is 2.09. The van der Waals surface area contributed by atoms with Gasteiger partial charge in [0.1, 0.15) is 5.39 Å². The van der Waals surface area contributed by atoms with E-state index in [1.807, 2.05) is 0 Å². The van der Waals surface area contributed by atoms with E-state index in [4.69, 9.17) is 10.3 Å².